The molecule has 0 aliphatic carbocycles. The van der Waals surface area contributed by atoms with Crippen molar-refractivity contribution in [3.8, 4) is 0 Å². The zero-order valence-electron chi connectivity index (χ0n) is 14.5. The molecule has 0 fully saturated rings. The van der Waals surface area contributed by atoms with Gasteiger partial charge in [-0.05, 0) is 13.1 Å². The first-order valence-electron chi connectivity index (χ1n) is 7.48. The highest BCUT2D eigenvalue weighted by Gasteiger charge is 2.87. The van der Waals surface area contributed by atoms with Crippen LogP contribution in [0.15, 0.2) is 0 Å². The summed E-state index contributed by atoms with van der Waals surface area (Å²) in [4.78, 5) is 1.61. The normalized spacial score (nSPS) is 17.3. The van der Waals surface area contributed by atoms with Gasteiger partial charge >= 0.3 is 33.3 Å². The van der Waals surface area contributed by atoms with Gasteiger partial charge in [0.05, 0.1) is 13.6 Å². The molecule has 1 unspecified atom stereocenters. The Balaban J connectivity index is 5.82. The van der Waals surface area contributed by atoms with Crippen molar-refractivity contribution < 1.29 is 52.0 Å². The van der Waals surface area contributed by atoms with Gasteiger partial charge in [-0.2, -0.15) is 47.9 Å². The topological polar surface area (TPSA) is 60.4 Å². The minimum atomic E-state index is -7.40. The second-order valence-electron chi connectivity index (χ2n) is 5.76. The Morgan fingerprint density at radius 3 is 1.63 bits per heavy atom. The van der Waals surface area contributed by atoms with Crippen LogP contribution in [0.25, 0.3) is 0 Å². The van der Waals surface area contributed by atoms with Crippen LogP contribution in [0, 0.1) is 5.21 Å². The van der Waals surface area contributed by atoms with E-state index < -0.39 is 50.3 Å². The highest BCUT2D eigenvalue weighted by molar-refractivity contribution is 7.87. The molecule has 0 aromatic rings. The van der Waals surface area contributed by atoms with Crippen molar-refractivity contribution in [2.24, 2.45) is 0 Å². The Hall–Kier alpha value is -0.800. The van der Waals surface area contributed by atoms with Crippen LogP contribution < -0.4 is 0 Å². The lowest BCUT2D eigenvalue weighted by atomic mass is 10.1. The van der Waals surface area contributed by atoms with E-state index in [9.17, 15) is 53.1 Å². The van der Waals surface area contributed by atoms with Crippen LogP contribution in [0.3, 0.4) is 0 Å². The van der Waals surface area contributed by atoms with E-state index in [-0.39, 0.29) is 13.6 Å². The van der Waals surface area contributed by atoms with Crippen LogP contribution >= 0.6 is 0 Å². The molecule has 0 aromatic heterocycles. The van der Waals surface area contributed by atoms with E-state index in [1.807, 2.05) is 0 Å². The monoisotopic (exact) mass is 442 g/mol. The number of hydroxylamine groups is 2. The zero-order chi connectivity index (χ0) is 22.1. The van der Waals surface area contributed by atoms with E-state index in [1.54, 1.807) is 18.7 Å². The third kappa shape index (κ3) is 4.45. The number of quaternary nitrogens is 1. The van der Waals surface area contributed by atoms with Gasteiger partial charge in [0.1, 0.15) is 0 Å². The van der Waals surface area contributed by atoms with Crippen molar-refractivity contribution in [2.45, 2.75) is 43.5 Å². The van der Waals surface area contributed by atoms with Crippen LogP contribution in [0.4, 0.5) is 39.5 Å². The van der Waals surface area contributed by atoms with Crippen LogP contribution in [-0.4, -0.2) is 73.9 Å². The maximum Gasteiger partial charge on any atom is 0.464 e. The van der Waals surface area contributed by atoms with Gasteiger partial charge in [0, 0.05) is 13.0 Å². The molecule has 0 amide bonds. The standard InChI is InChI=1S/C12H19F9N2O3S/c1-4-22(5-2)7-6-8-23(3,24)27(25,26)12(20,21)10(15,16)9(13,14)11(17,18)19/h4-8H2,1-3H3. The van der Waals surface area contributed by atoms with Crippen LogP contribution in [0.2, 0.25) is 0 Å². The molecule has 1 atom stereocenters. The predicted octanol–water partition coefficient (Wildman–Crippen LogP) is 3.42. The summed E-state index contributed by atoms with van der Waals surface area (Å²) in [6, 6.07) is 0. The molecule has 0 heterocycles. The summed E-state index contributed by atoms with van der Waals surface area (Å²) in [7, 11) is -7.08. The fourth-order valence-electron chi connectivity index (χ4n) is 2.01. The van der Waals surface area contributed by atoms with Gasteiger partial charge in [-0.25, -0.2) is 0 Å². The van der Waals surface area contributed by atoms with Crippen molar-refractivity contribution in [1.82, 2.24) is 4.90 Å². The van der Waals surface area contributed by atoms with Gasteiger partial charge in [-0.3, -0.25) is 4.05 Å². The molecule has 0 saturated heterocycles. The number of nitrogens with zero attached hydrogens (tertiary/aromatic N) is 2. The van der Waals surface area contributed by atoms with Crippen molar-refractivity contribution in [1.29, 1.82) is 0 Å². The number of halogens is 9. The molecule has 164 valence electrons. The van der Waals surface area contributed by atoms with E-state index in [2.05, 4.69) is 0 Å². The first-order valence-corrected chi connectivity index (χ1v) is 8.92. The van der Waals surface area contributed by atoms with Gasteiger partial charge < -0.3 is 10.1 Å². The third-order valence-corrected chi connectivity index (χ3v) is 5.99. The number of alkyl halides is 9. The fraction of sp³-hybridized carbons (Fsp3) is 1.00. The molecule has 0 saturated carbocycles. The number of hydrogen-bond acceptors (Lipinski definition) is 4. The molecule has 0 aliphatic rings. The smallest absolute Gasteiger partial charge is 0.464 e. The lowest BCUT2D eigenvalue weighted by molar-refractivity contribution is -0.733. The van der Waals surface area contributed by atoms with Crippen LogP contribution in [-0.2, 0) is 10.0 Å². The van der Waals surface area contributed by atoms with Crippen LogP contribution in [0.1, 0.15) is 20.3 Å². The molecule has 0 radical (unpaired) electrons. The molecule has 27 heavy (non-hydrogen) atoms. The first kappa shape index (κ1) is 26.2. The Morgan fingerprint density at radius 1 is 0.889 bits per heavy atom. The zero-order valence-corrected chi connectivity index (χ0v) is 15.3. The number of sulfonamides is 1. The lowest BCUT2D eigenvalue weighted by Gasteiger charge is -2.41. The van der Waals surface area contributed by atoms with Gasteiger partial charge in [0.25, 0.3) is 0 Å². The number of rotatable bonds is 10. The molecule has 5 nitrogen and oxygen atoms in total. The van der Waals surface area contributed by atoms with E-state index in [4.69, 9.17) is 0 Å². The van der Waals surface area contributed by atoms with Crippen molar-refractivity contribution in [2.75, 3.05) is 33.2 Å². The lowest BCUT2D eigenvalue weighted by Crippen LogP contribution is -2.67. The number of hydrogen-bond donors (Lipinski definition) is 0. The Labute approximate surface area is 149 Å². The van der Waals surface area contributed by atoms with Crippen LogP contribution in [0.5, 0.6) is 0 Å². The highest BCUT2D eigenvalue weighted by atomic mass is 32.2. The summed E-state index contributed by atoms with van der Waals surface area (Å²) in [6.07, 6.45) is -7.59. The Bertz CT molecular complexity index is 602. The van der Waals surface area contributed by atoms with Crippen molar-refractivity contribution in [3.05, 3.63) is 5.21 Å². The van der Waals surface area contributed by atoms with Gasteiger partial charge in [0.2, 0.25) is 0 Å². The summed E-state index contributed by atoms with van der Waals surface area (Å²) in [5.74, 6) is -14.8. The van der Waals surface area contributed by atoms with E-state index in [1.165, 1.54) is 0 Å². The second kappa shape index (κ2) is 7.91. The predicted molar refractivity (Wildman–Crippen MR) is 76.6 cm³/mol. The van der Waals surface area contributed by atoms with E-state index >= 15 is 0 Å². The average Bonchev–Trinajstić information content (AvgIpc) is 2.49. The minimum Gasteiger partial charge on any atom is -0.617 e. The molecular weight excluding hydrogens is 423 g/mol. The van der Waals surface area contributed by atoms with E-state index in [0.29, 0.717) is 13.1 Å². The summed E-state index contributed by atoms with van der Waals surface area (Å²) in [6.45, 7) is 2.88. The quantitative estimate of drug-likeness (QED) is 0.296. The fourth-order valence-corrected chi connectivity index (χ4v) is 3.31. The second-order valence-corrected chi connectivity index (χ2v) is 7.99. The molecule has 0 rings (SSSR count). The van der Waals surface area contributed by atoms with Crippen molar-refractivity contribution >= 4 is 10.0 Å². The molecule has 15 heteroatoms. The Morgan fingerprint density at radius 2 is 1.30 bits per heavy atom. The average molecular weight is 442 g/mol. The summed E-state index contributed by atoms with van der Waals surface area (Å²) >= 11 is 0. The molecule has 0 N–H and O–H groups in total. The summed E-state index contributed by atoms with van der Waals surface area (Å²) in [5, 5.41) is 4.96. The summed E-state index contributed by atoms with van der Waals surface area (Å²) in [5.41, 5.74) is 0. The minimum absolute atomic E-state index is 0.0146. The van der Waals surface area contributed by atoms with E-state index in [0.717, 1.165) is 0 Å². The third-order valence-electron chi connectivity index (χ3n) is 3.88. The Kier molecular flexibility index (Phi) is 7.67. The van der Waals surface area contributed by atoms with Gasteiger partial charge in [-0.15, -0.1) is 0 Å². The molecule has 0 spiro atoms. The molecular formula is C12H19F9N2O3S. The maximum absolute atomic E-state index is 13.7. The SMILES string of the molecule is CCN(CC)CCC[N+](C)([O-])S(=O)(=O)C(F)(F)C(F)(F)C(F)(F)C(F)(F)F. The first-order chi connectivity index (χ1) is 11.7. The maximum atomic E-state index is 13.7. The molecule has 0 aliphatic heterocycles. The van der Waals surface area contributed by atoms with Gasteiger partial charge in [-0.1, -0.05) is 13.8 Å². The summed E-state index contributed by atoms with van der Waals surface area (Å²) < 4.78 is 136. The molecule has 0 aromatic carbocycles. The highest BCUT2D eigenvalue weighted by Crippen LogP contribution is 2.55. The molecule has 0 bridgehead atoms. The van der Waals surface area contributed by atoms with Crippen molar-refractivity contribution in [3.63, 3.8) is 0 Å². The largest absolute Gasteiger partial charge is 0.617 e. The van der Waals surface area contributed by atoms with Gasteiger partial charge in [0.15, 0.2) is 0 Å².